The van der Waals surface area contributed by atoms with Crippen LogP contribution in [0.4, 0.5) is 0 Å². The van der Waals surface area contributed by atoms with Gasteiger partial charge in [0.05, 0.1) is 6.20 Å². The maximum Gasteiger partial charge on any atom is 0.0522 e. The third-order valence-electron chi connectivity index (χ3n) is 4.07. The summed E-state index contributed by atoms with van der Waals surface area (Å²) in [7, 11) is 1.97. The lowest BCUT2D eigenvalue weighted by Crippen LogP contribution is -2.30. The normalized spacial score (nSPS) is 24.1. The van der Waals surface area contributed by atoms with Crippen LogP contribution >= 0.6 is 0 Å². The molecule has 3 nitrogen and oxygen atoms in total. The number of aromatic nitrogens is 2. The second-order valence-electron chi connectivity index (χ2n) is 5.59. The molecule has 2 atom stereocenters. The second kappa shape index (κ2) is 6.19. The van der Waals surface area contributed by atoms with Gasteiger partial charge in [0.15, 0.2) is 0 Å². The summed E-state index contributed by atoms with van der Waals surface area (Å²) in [6.07, 6.45) is 10.1. The average molecular weight is 247 g/mol. The highest BCUT2D eigenvalue weighted by Crippen LogP contribution is 2.29. The van der Waals surface area contributed by atoms with Gasteiger partial charge in [0.2, 0.25) is 0 Å². The van der Waals surface area contributed by atoms with E-state index in [0.717, 1.165) is 31.3 Å². The van der Waals surface area contributed by atoms with Gasteiger partial charge >= 0.3 is 0 Å². The molecule has 1 N–H and O–H groups in total. The van der Waals surface area contributed by atoms with E-state index in [1.165, 1.54) is 18.4 Å². The van der Waals surface area contributed by atoms with Gasteiger partial charge in [0.1, 0.15) is 0 Å². The third kappa shape index (κ3) is 3.45. The van der Waals surface area contributed by atoms with E-state index in [-0.39, 0.29) is 0 Å². The minimum absolute atomic E-state index is 0.729. The van der Waals surface area contributed by atoms with Gasteiger partial charge in [-0.15, -0.1) is 0 Å². The molecule has 0 bridgehead atoms. The minimum atomic E-state index is 0.729. The van der Waals surface area contributed by atoms with Gasteiger partial charge in [-0.2, -0.15) is 5.10 Å². The molecule has 0 fully saturated rings. The number of nitrogens with one attached hydrogen (secondary N) is 1. The zero-order valence-corrected chi connectivity index (χ0v) is 11.8. The van der Waals surface area contributed by atoms with E-state index in [1.807, 2.05) is 17.9 Å². The molecule has 2 rings (SSSR count). The van der Waals surface area contributed by atoms with Crippen LogP contribution in [-0.2, 0) is 13.5 Å². The maximum absolute atomic E-state index is 4.19. The van der Waals surface area contributed by atoms with Gasteiger partial charge in [-0.25, -0.2) is 0 Å². The van der Waals surface area contributed by atoms with E-state index >= 15 is 0 Å². The molecule has 0 unspecified atom stereocenters. The predicted molar refractivity (Wildman–Crippen MR) is 75.4 cm³/mol. The molecule has 1 aliphatic carbocycles. The van der Waals surface area contributed by atoms with Crippen LogP contribution < -0.4 is 5.32 Å². The minimum Gasteiger partial charge on any atom is -0.316 e. The highest BCUT2D eigenvalue weighted by atomic mass is 15.2. The Balaban J connectivity index is 1.72. The first-order valence-electron chi connectivity index (χ1n) is 7.01. The number of hydrogen-bond donors (Lipinski definition) is 1. The van der Waals surface area contributed by atoms with Crippen molar-refractivity contribution in [2.75, 3.05) is 13.1 Å². The molecular weight excluding hydrogens is 222 g/mol. The summed E-state index contributed by atoms with van der Waals surface area (Å²) < 4.78 is 1.87. The smallest absolute Gasteiger partial charge is 0.0522 e. The van der Waals surface area contributed by atoms with Gasteiger partial charge < -0.3 is 5.32 Å². The molecule has 0 amide bonds. The maximum atomic E-state index is 4.19. The Morgan fingerprint density at radius 2 is 2.33 bits per heavy atom. The lowest BCUT2D eigenvalue weighted by molar-refractivity contribution is 0.351. The van der Waals surface area contributed by atoms with E-state index in [0.29, 0.717) is 0 Å². The highest BCUT2D eigenvalue weighted by Gasteiger charge is 2.21. The van der Waals surface area contributed by atoms with Crippen molar-refractivity contribution in [3.05, 3.63) is 29.6 Å². The number of allylic oxidation sites excluding steroid dienone is 1. The molecule has 0 saturated heterocycles. The van der Waals surface area contributed by atoms with Crippen LogP contribution in [0.15, 0.2) is 24.0 Å². The van der Waals surface area contributed by atoms with Crippen LogP contribution in [0.5, 0.6) is 0 Å². The van der Waals surface area contributed by atoms with Crippen LogP contribution in [0.1, 0.15) is 32.3 Å². The van der Waals surface area contributed by atoms with Crippen LogP contribution in [0, 0.1) is 11.8 Å². The van der Waals surface area contributed by atoms with Gasteiger partial charge in [-0.3, -0.25) is 4.68 Å². The topological polar surface area (TPSA) is 29.9 Å². The summed E-state index contributed by atoms with van der Waals surface area (Å²) in [6.45, 7) is 6.82. The molecular formula is C15H25N3. The number of rotatable bonds is 5. The van der Waals surface area contributed by atoms with Crippen molar-refractivity contribution >= 4 is 0 Å². The Hall–Kier alpha value is -1.09. The van der Waals surface area contributed by atoms with Crippen molar-refractivity contribution in [3.63, 3.8) is 0 Å². The summed E-state index contributed by atoms with van der Waals surface area (Å²) in [5.41, 5.74) is 2.89. The Labute approximate surface area is 110 Å². The fourth-order valence-corrected chi connectivity index (χ4v) is 2.83. The first-order valence-corrected chi connectivity index (χ1v) is 7.01. The largest absolute Gasteiger partial charge is 0.316 e. The molecule has 18 heavy (non-hydrogen) atoms. The summed E-state index contributed by atoms with van der Waals surface area (Å²) >= 11 is 0. The Morgan fingerprint density at radius 3 is 3.00 bits per heavy atom. The Bertz CT molecular complexity index is 406. The fraction of sp³-hybridized carbons (Fsp3) is 0.667. The van der Waals surface area contributed by atoms with Crippen LogP contribution in [0.25, 0.3) is 0 Å². The van der Waals surface area contributed by atoms with E-state index in [1.54, 1.807) is 5.57 Å². The molecule has 1 aliphatic rings. The van der Waals surface area contributed by atoms with Crippen molar-refractivity contribution < 1.29 is 0 Å². The molecule has 100 valence electrons. The molecule has 3 heteroatoms. The van der Waals surface area contributed by atoms with E-state index in [2.05, 4.69) is 36.5 Å². The quantitative estimate of drug-likeness (QED) is 0.640. The summed E-state index contributed by atoms with van der Waals surface area (Å²) in [5, 5.41) is 7.78. The molecule has 0 saturated carbocycles. The number of aryl methyl sites for hydroxylation is 1. The fourth-order valence-electron chi connectivity index (χ4n) is 2.83. The molecule has 0 spiro atoms. The zero-order valence-electron chi connectivity index (χ0n) is 11.8. The zero-order chi connectivity index (χ0) is 13.0. The first-order chi connectivity index (χ1) is 8.66. The Morgan fingerprint density at radius 1 is 1.50 bits per heavy atom. The lowest BCUT2D eigenvalue weighted by Gasteiger charge is -2.29. The van der Waals surface area contributed by atoms with Crippen LogP contribution in [0.3, 0.4) is 0 Å². The average Bonchev–Trinajstić information content (AvgIpc) is 2.73. The molecule has 0 radical (unpaired) electrons. The molecule has 1 aromatic rings. The van der Waals surface area contributed by atoms with Gasteiger partial charge in [-0.05, 0) is 50.1 Å². The second-order valence-corrected chi connectivity index (χ2v) is 5.59. The number of hydrogen-bond acceptors (Lipinski definition) is 2. The molecule has 1 heterocycles. The van der Waals surface area contributed by atoms with Crippen molar-refractivity contribution in [2.24, 2.45) is 18.9 Å². The van der Waals surface area contributed by atoms with Gasteiger partial charge in [-0.1, -0.05) is 18.6 Å². The van der Waals surface area contributed by atoms with Crippen molar-refractivity contribution in [3.8, 4) is 0 Å². The van der Waals surface area contributed by atoms with E-state index in [4.69, 9.17) is 0 Å². The molecule has 1 aromatic heterocycles. The van der Waals surface area contributed by atoms with E-state index < -0.39 is 0 Å². The predicted octanol–water partition coefficient (Wildman–Crippen LogP) is 2.54. The summed E-state index contributed by atoms with van der Waals surface area (Å²) in [6, 6.07) is 0. The summed E-state index contributed by atoms with van der Waals surface area (Å²) in [5.74, 6) is 1.55. The van der Waals surface area contributed by atoms with Crippen molar-refractivity contribution in [1.82, 2.24) is 15.1 Å². The highest BCUT2D eigenvalue weighted by molar-refractivity contribution is 5.09. The van der Waals surface area contributed by atoms with Gasteiger partial charge in [0, 0.05) is 19.8 Å². The standard InChI is InChI=1S/C15H25N3/c1-12-5-4-6-13(2)15(12)10-16-8-7-14-9-17-18(3)11-14/h5,9,11,13,15-16H,4,6-8,10H2,1-3H3/t13-,15+/m1/s1. The molecule has 0 aliphatic heterocycles. The summed E-state index contributed by atoms with van der Waals surface area (Å²) in [4.78, 5) is 0. The first kappa shape index (κ1) is 13.3. The van der Waals surface area contributed by atoms with Gasteiger partial charge in [0.25, 0.3) is 0 Å². The van der Waals surface area contributed by atoms with Crippen LogP contribution in [0.2, 0.25) is 0 Å². The third-order valence-corrected chi connectivity index (χ3v) is 4.07. The monoisotopic (exact) mass is 247 g/mol. The van der Waals surface area contributed by atoms with Crippen molar-refractivity contribution in [1.29, 1.82) is 0 Å². The number of nitrogens with zero attached hydrogens (tertiary/aromatic N) is 2. The molecule has 0 aromatic carbocycles. The van der Waals surface area contributed by atoms with E-state index in [9.17, 15) is 0 Å². The van der Waals surface area contributed by atoms with Crippen LogP contribution in [-0.4, -0.2) is 22.9 Å². The Kier molecular flexibility index (Phi) is 4.59. The lowest BCUT2D eigenvalue weighted by atomic mass is 9.80. The SMILES string of the molecule is CC1=CCC[C@@H](C)[C@H]1CNCCc1cnn(C)c1. The van der Waals surface area contributed by atoms with Crippen molar-refractivity contribution in [2.45, 2.75) is 33.1 Å².